The van der Waals surface area contributed by atoms with Crippen molar-refractivity contribution < 1.29 is 29.4 Å². The van der Waals surface area contributed by atoms with Crippen LogP contribution >= 0.6 is 0 Å². The van der Waals surface area contributed by atoms with Crippen LogP contribution < -0.4 is 16.4 Å². The quantitative estimate of drug-likeness (QED) is 0.342. The second-order valence-corrected chi connectivity index (χ2v) is 5.34. The zero-order valence-corrected chi connectivity index (χ0v) is 12.7. The average molecular weight is 317 g/mol. The first-order chi connectivity index (χ1) is 10.1. The molecule has 0 aromatic heterocycles. The fraction of sp³-hybridized carbons (Fsp3) is 0.692. The zero-order chi connectivity index (χ0) is 17.3. The monoisotopic (exact) mass is 317 g/mol. The van der Waals surface area contributed by atoms with Crippen molar-refractivity contribution in [2.75, 3.05) is 6.54 Å². The molecule has 9 heteroatoms. The fourth-order valence-electron chi connectivity index (χ4n) is 1.68. The molecule has 0 aromatic rings. The van der Waals surface area contributed by atoms with Crippen molar-refractivity contribution in [2.24, 2.45) is 11.7 Å². The number of rotatable bonds is 10. The lowest BCUT2D eigenvalue weighted by Gasteiger charge is -2.16. The molecule has 0 heterocycles. The summed E-state index contributed by atoms with van der Waals surface area (Å²) in [6.45, 7) is 3.39. The lowest BCUT2D eigenvalue weighted by molar-refractivity contribution is -0.143. The summed E-state index contributed by atoms with van der Waals surface area (Å²) in [6.07, 6.45) is -0.163. The van der Waals surface area contributed by atoms with Gasteiger partial charge < -0.3 is 26.6 Å². The van der Waals surface area contributed by atoms with Gasteiger partial charge in [-0.2, -0.15) is 0 Å². The van der Waals surface area contributed by atoms with Crippen molar-refractivity contribution in [2.45, 2.75) is 45.2 Å². The molecule has 0 saturated carbocycles. The molecule has 22 heavy (non-hydrogen) atoms. The van der Waals surface area contributed by atoms with Gasteiger partial charge in [0.25, 0.3) is 0 Å². The third kappa shape index (κ3) is 8.90. The van der Waals surface area contributed by atoms with E-state index >= 15 is 0 Å². The Hall–Kier alpha value is -2.16. The minimum atomic E-state index is -1.34. The Morgan fingerprint density at radius 1 is 1.14 bits per heavy atom. The molecule has 9 nitrogen and oxygen atoms in total. The Morgan fingerprint density at radius 2 is 1.73 bits per heavy atom. The molecule has 0 aromatic carbocycles. The zero-order valence-electron chi connectivity index (χ0n) is 12.7. The van der Waals surface area contributed by atoms with Crippen molar-refractivity contribution in [3.8, 4) is 0 Å². The van der Waals surface area contributed by atoms with E-state index in [9.17, 15) is 19.2 Å². The molecule has 0 fully saturated rings. The van der Waals surface area contributed by atoms with Crippen molar-refractivity contribution >= 4 is 23.8 Å². The van der Waals surface area contributed by atoms with Crippen molar-refractivity contribution in [3.63, 3.8) is 0 Å². The van der Waals surface area contributed by atoms with E-state index in [1.54, 1.807) is 0 Å². The van der Waals surface area contributed by atoms with Gasteiger partial charge in [0.15, 0.2) is 0 Å². The standard InChI is InChI=1S/C13H23N3O6/c1-7(2)5-8(14)12(20)15-6-10(17)16-9(13(21)22)3-4-11(18)19/h7-9H,3-6,14H2,1-2H3,(H,15,20)(H,16,17)(H,18,19)(H,21,22). The first kappa shape index (κ1) is 19.8. The summed E-state index contributed by atoms with van der Waals surface area (Å²) in [6, 6.07) is -2.06. The highest BCUT2D eigenvalue weighted by atomic mass is 16.4. The Labute approximate surface area is 128 Å². The van der Waals surface area contributed by atoms with E-state index in [2.05, 4.69) is 10.6 Å². The summed E-state index contributed by atoms with van der Waals surface area (Å²) in [5, 5.41) is 21.9. The number of aliphatic carboxylic acids is 2. The summed E-state index contributed by atoms with van der Waals surface area (Å²) in [7, 11) is 0. The normalized spacial score (nSPS) is 13.3. The summed E-state index contributed by atoms with van der Waals surface area (Å²) in [5.41, 5.74) is 5.63. The summed E-state index contributed by atoms with van der Waals surface area (Å²) in [5.74, 6) is -3.49. The van der Waals surface area contributed by atoms with E-state index in [0.717, 1.165) is 0 Å². The molecular formula is C13H23N3O6. The first-order valence-electron chi connectivity index (χ1n) is 6.90. The highest BCUT2D eigenvalue weighted by Crippen LogP contribution is 2.02. The minimum Gasteiger partial charge on any atom is -0.481 e. The minimum absolute atomic E-state index is 0.224. The highest BCUT2D eigenvalue weighted by molar-refractivity contribution is 5.89. The van der Waals surface area contributed by atoms with Crippen LogP contribution in [-0.2, 0) is 19.2 Å². The Morgan fingerprint density at radius 3 is 2.18 bits per heavy atom. The summed E-state index contributed by atoms with van der Waals surface area (Å²) < 4.78 is 0. The summed E-state index contributed by atoms with van der Waals surface area (Å²) in [4.78, 5) is 44.5. The first-order valence-corrected chi connectivity index (χ1v) is 6.90. The molecule has 0 spiro atoms. The van der Waals surface area contributed by atoms with E-state index in [-0.39, 0.29) is 18.8 Å². The largest absolute Gasteiger partial charge is 0.481 e. The number of carbonyl (C=O) groups excluding carboxylic acids is 2. The van der Waals surface area contributed by atoms with Crippen LogP contribution in [-0.4, -0.2) is 52.6 Å². The molecule has 0 rings (SSSR count). The number of carboxylic acids is 2. The molecule has 6 N–H and O–H groups in total. The molecule has 126 valence electrons. The fourth-order valence-corrected chi connectivity index (χ4v) is 1.68. The van der Waals surface area contributed by atoms with E-state index in [1.807, 2.05) is 13.8 Å². The van der Waals surface area contributed by atoms with Gasteiger partial charge in [-0.05, 0) is 18.8 Å². The van der Waals surface area contributed by atoms with E-state index in [4.69, 9.17) is 15.9 Å². The molecule has 0 aliphatic rings. The van der Waals surface area contributed by atoms with Gasteiger partial charge in [-0.3, -0.25) is 14.4 Å². The van der Waals surface area contributed by atoms with Crippen LogP contribution in [0.5, 0.6) is 0 Å². The van der Waals surface area contributed by atoms with E-state index in [0.29, 0.717) is 6.42 Å². The Kier molecular flexibility index (Phi) is 8.76. The third-order valence-corrected chi connectivity index (χ3v) is 2.77. The van der Waals surface area contributed by atoms with Crippen LogP contribution in [0.25, 0.3) is 0 Å². The van der Waals surface area contributed by atoms with Gasteiger partial charge in [-0.15, -0.1) is 0 Å². The molecule has 0 aliphatic carbocycles. The van der Waals surface area contributed by atoms with Gasteiger partial charge in [-0.1, -0.05) is 13.8 Å². The molecule has 0 radical (unpaired) electrons. The number of amides is 2. The second-order valence-electron chi connectivity index (χ2n) is 5.34. The van der Waals surface area contributed by atoms with E-state index in [1.165, 1.54) is 0 Å². The van der Waals surface area contributed by atoms with Crippen LogP contribution in [0.4, 0.5) is 0 Å². The maximum atomic E-state index is 11.6. The molecular weight excluding hydrogens is 294 g/mol. The lowest BCUT2D eigenvalue weighted by Crippen LogP contribution is -2.48. The molecule has 2 unspecified atom stereocenters. The molecule has 0 saturated heterocycles. The predicted octanol–water partition coefficient (Wildman–Crippen LogP) is -1.09. The number of carboxylic acid groups (broad SMARTS) is 2. The SMILES string of the molecule is CC(C)CC(N)C(=O)NCC(=O)NC(CCC(=O)O)C(=O)O. The Bertz CT molecular complexity index is 424. The van der Waals surface area contributed by atoms with E-state index < -0.39 is 42.4 Å². The molecule has 2 atom stereocenters. The maximum absolute atomic E-state index is 11.6. The topological polar surface area (TPSA) is 159 Å². The van der Waals surface area contributed by atoms with Gasteiger partial charge >= 0.3 is 11.9 Å². The summed E-state index contributed by atoms with van der Waals surface area (Å²) >= 11 is 0. The van der Waals surface area contributed by atoms with Gasteiger partial charge in [0.2, 0.25) is 11.8 Å². The molecule has 0 aliphatic heterocycles. The number of nitrogens with two attached hydrogens (primary N) is 1. The third-order valence-electron chi connectivity index (χ3n) is 2.77. The number of nitrogens with one attached hydrogen (secondary N) is 2. The van der Waals surface area contributed by atoms with Crippen LogP contribution in [0.15, 0.2) is 0 Å². The van der Waals surface area contributed by atoms with Crippen LogP contribution in [0.2, 0.25) is 0 Å². The van der Waals surface area contributed by atoms with Gasteiger partial charge in [0.1, 0.15) is 6.04 Å². The lowest BCUT2D eigenvalue weighted by atomic mass is 10.0. The molecule has 2 amide bonds. The highest BCUT2D eigenvalue weighted by Gasteiger charge is 2.22. The maximum Gasteiger partial charge on any atom is 0.326 e. The van der Waals surface area contributed by atoms with Crippen molar-refractivity contribution in [3.05, 3.63) is 0 Å². The number of hydrogen-bond donors (Lipinski definition) is 5. The van der Waals surface area contributed by atoms with Gasteiger partial charge in [-0.25, -0.2) is 4.79 Å². The molecule has 0 bridgehead atoms. The van der Waals surface area contributed by atoms with Crippen molar-refractivity contribution in [1.29, 1.82) is 0 Å². The van der Waals surface area contributed by atoms with Gasteiger partial charge in [0.05, 0.1) is 12.6 Å². The van der Waals surface area contributed by atoms with Crippen LogP contribution in [0.1, 0.15) is 33.1 Å². The Balaban J connectivity index is 4.26. The van der Waals surface area contributed by atoms with Crippen molar-refractivity contribution in [1.82, 2.24) is 10.6 Å². The predicted molar refractivity (Wildman–Crippen MR) is 76.9 cm³/mol. The van der Waals surface area contributed by atoms with Gasteiger partial charge in [0, 0.05) is 6.42 Å². The average Bonchev–Trinajstić information content (AvgIpc) is 2.39. The number of hydrogen-bond acceptors (Lipinski definition) is 5. The smallest absolute Gasteiger partial charge is 0.326 e. The van der Waals surface area contributed by atoms with Crippen LogP contribution in [0, 0.1) is 5.92 Å². The van der Waals surface area contributed by atoms with Crippen LogP contribution in [0.3, 0.4) is 0 Å². The second kappa shape index (κ2) is 9.72. The number of carbonyl (C=O) groups is 4.